The van der Waals surface area contributed by atoms with Crippen molar-refractivity contribution in [3.05, 3.63) is 71.8 Å². The predicted molar refractivity (Wildman–Crippen MR) is 113 cm³/mol. The summed E-state index contributed by atoms with van der Waals surface area (Å²) in [6.45, 7) is 4.10. The minimum Gasteiger partial charge on any atom is -0.454 e. The zero-order valence-electron chi connectivity index (χ0n) is 17.3. The first-order valence-corrected chi connectivity index (χ1v) is 9.88. The second-order valence-corrected chi connectivity index (χ2v) is 7.25. The second-order valence-electron chi connectivity index (χ2n) is 7.25. The van der Waals surface area contributed by atoms with E-state index in [-0.39, 0.29) is 24.9 Å². The summed E-state index contributed by atoms with van der Waals surface area (Å²) in [4.78, 5) is 36.6. The average Bonchev–Trinajstić information content (AvgIpc) is 2.75. The molecule has 0 aliphatic carbocycles. The van der Waals surface area contributed by atoms with Crippen LogP contribution in [0.25, 0.3) is 0 Å². The zero-order valence-corrected chi connectivity index (χ0v) is 17.3. The Balaban J connectivity index is 1.92. The van der Waals surface area contributed by atoms with Crippen molar-refractivity contribution < 1.29 is 23.9 Å². The van der Waals surface area contributed by atoms with Gasteiger partial charge in [0.05, 0.1) is 0 Å². The van der Waals surface area contributed by atoms with E-state index in [0.717, 1.165) is 11.1 Å². The lowest BCUT2D eigenvalue weighted by Crippen LogP contribution is -2.44. The largest absolute Gasteiger partial charge is 0.454 e. The van der Waals surface area contributed by atoms with Crippen molar-refractivity contribution in [3.8, 4) is 0 Å². The maximum atomic E-state index is 12.5. The first-order chi connectivity index (χ1) is 14.4. The number of nitrogens with one attached hydrogen (secondary N) is 2. The fourth-order valence-electron chi connectivity index (χ4n) is 2.56. The molecule has 0 fully saturated rings. The van der Waals surface area contributed by atoms with E-state index in [9.17, 15) is 14.4 Å². The standard InChI is InChI=1S/C23H28N2O5/c1-17(2)14-24-21(26)16-29-22(27)20(13-18-9-5-3-6-10-18)25-23(28)30-15-19-11-7-4-8-12-19/h3-12,17,20H,13-16H2,1-2H3,(H,24,26)(H,25,28)/t20-/m0/s1. The van der Waals surface area contributed by atoms with Gasteiger partial charge in [-0.15, -0.1) is 0 Å². The molecule has 0 spiro atoms. The number of hydrogen-bond acceptors (Lipinski definition) is 5. The minimum atomic E-state index is -0.978. The van der Waals surface area contributed by atoms with Gasteiger partial charge in [0.1, 0.15) is 12.6 Å². The van der Waals surface area contributed by atoms with Crippen LogP contribution in [0.2, 0.25) is 0 Å². The monoisotopic (exact) mass is 412 g/mol. The number of rotatable bonds is 10. The van der Waals surface area contributed by atoms with Gasteiger partial charge in [0.25, 0.3) is 5.91 Å². The van der Waals surface area contributed by atoms with Crippen molar-refractivity contribution in [1.29, 1.82) is 0 Å². The summed E-state index contributed by atoms with van der Waals surface area (Å²) in [5.41, 5.74) is 1.67. The third-order valence-corrected chi connectivity index (χ3v) is 4.13. The van der Waals surface area contributed by atoms with E-state index in [1.54, 1.807) is 0 Å². The van der Waals surface area contributed by atoms with E-state index in [4.69, 9.17) is 9.47 Å². The van der Waals surface area contributed by atoms with E-state index >= 15 is 0 Å². The summed E-state index contributed by atoms with van der Waals surface area (Å²) in [7, 11) is 0. The van der Waals surface area contributed by atoms with Gasteiger partial charge in [0.2, 0.25) is 0 Å². The first-order valence-electron chi connectivity index (χ1n) is 9.88. The number of benzene rings is 2. The Morgan fingerprint density at radius 2 is 1.47 bits per heavy atom. The quantitative estimate of drug-likeness (QED) is 0.586. The van der Waals surface area contributed by atoms with Crippen LogP contribution in [0.15, 0.2) is 60.7 Å². The van der Waals surface area contributed by atoms with Crippen LogP contribution in [0.5, 0.6) is 0 Å². The summed E-state index contributed by atoms with van der Waals surface area (Å²) in [6.07, 6.45) is -0.519. The van der Waals surface area contributed by atoms with Crippen molar-refractivity contribution in [3.63, 3.8) is 0 Å². The number of carbonyl (C=O) groups is 3. The molecule has 0 aliphatic heterocycles. The van der Waals surface area contributed by atoms with Crippen LogP contribution in [0.3, 0.4) is 0 Å². The summed E-state index contributed by atoms with van der Waals surface area (Å²) in [6, 6.07) is 17.5. The fourth-order valence-corrected chi connectivity index (χ4v) is 2.56. The first kappa shape index (κ1) is 22.9. The van der Waals surface area contributed by atoms with Gasteiger partial charge in [-0.25, -0.2) is 9.59 Å². The number of esters is 1. The maximum Gasteiger partial charge on any atom is 0.408 e. The van der Waals surface area contributed by atoms with Crippen LogP contribution in [0, 0.1) is 5.92 Å². The Hall–Kier alpha value is -3.35. The topological polar surface area (TPSA) is 93.7 Å². The van der Waals surface area contributed by atoms with Gasteiger partial charge in [-0.2, -0.15) is 0 Å². The second kappa shape index (κ2) is 12.3. The molecule has 0 saturated carbocycles. The molecule has 0 aromatic heterocycles. The molecule has 0 unspecified atom stereocenters. The number of amides is 2. The summed E-state index contributed by atoms with van der Waals surface area (Å²) in [5, 5.41) is 5.22. The molecule has 30 heavy (non-hydrogen) atoms. The van der Waals surface area contributed by atoms with Gasteiger partial charge in [0, 0.05) is 13.0 Å². The van der Waals surface area contributed by atoms with Gasteiger partial charge < -0.3 is 20.1 Å². The summed E-state index contributed by atoms with van der Waals surface area (Å²) in [5.74, 6) is -0.797. The van der Waals surface area contributed by atoms with Crippen molar-refractivity contribution in [2.75, 3.05) is 13.2 Å². The number of carbonyl (C=O) groups excluding carboxylic acids is 3. The van der Waals surface area contributed by atoms with Gasteiger partial charge in [-0.3, -0.25) is 4.79 Å². The molecule has 0 heterocycles. The predicted octanol–water partition coefficient (Wildman–Crippen LogP) is 2.84. The molecular formula is C23H28N2O5. The van der Waals surface area contributed by atoms with Crippen molar-refractivity contribution in [2.45, 2.75) is 32.9 Å². The molecule has 7 nitrogen and oxygen atoms in total. The maximum absolute atomic E-state index is 12.5. The van der Waals surface area contributed by atoms with Crippen LogP contribution >= 0.6 is 0 Å². The number of hydrogen-bond donors (Lipinski definition) is 2. The molecule has 0 saturated heterocycles. The summed E-state index contributed by atoms with van der Waals surface area (Å²) < 4.78 is 10.3. The molecular weight excluding hydrogens is 384 g/mol. The molecule has 1 atom stereocenters. The van der Waals surface area contributed by atoms with Crippen LogP contribution in [-0.4, -0.2) is 37.2 Å². The third-order valence-electron chi connectivity index (χ3n) is 4.13. The number of ether oxygens (including phenoxy) is 2. The molecule has 0 bridgehead atoms. The SMILES string of the molecule is CC(C)CNC(=O)COC(=O)[C@H](Cc1ccccc1)NC(=O)OCc1ccccc1. The molecule has 2 aromatic carbocycles. The van der Waals surface area contributed by atoms with Gasteiger partial charge in [-0.1, -0.05) is 74.5 Å². The van der Waals surface area contributed by atoms with Crippen LogP contribution in [-0.2, 0) is 32.1 Å². The Bertz CT molecular complexity index is 809. The Morgan fingerprint density at radius 3 is 2.07 bits per heavy atom. The molecule has 0 aliphatic rings. The van der Waals surface area contributed by atoms with Crippen LogP contribution in [0.1, 0.15) is 25.0 Å². The lowest BCUT2D eigenvalue weighted by Gasteiger charge is -2.18. The molecule has 0 radical (unpaired) electrons. The van der Waals surface area contributed by atoms with Crippen molar-refractivity contribution >= 4 is 18.0 Å². The van der Waals surface area contributed by atoms with Crippen molar-refractivity contribution in [1.82, 2.24) is 10.6 Å². The molecule has 2 rings (SSSR count). The Morgan fingerprint density at radius 1 is 0.867 bits per heavy atom. The molecule has 2 N–H and O–H groups in total. The van der Waals surface area contributed by atoms with Crippen LogP contribution < -0.4 is 10.6 Å². The third kappa shape index (κ3) is 8.77. The average molecular weight is 412 g/mol. The lowest BCUT2D eigenvalue weighted by atomic mass is 10.1. The smallest absolute Gasteiger partial charge is 0.408 e. The molecule has 2 aromatic rings. The van der Waals surface area contributed by atoms with Crippen molar-refractivity contribution in [2.24, 2.45) is 5.92 Å². The lowest BCUT2D eigenvalue weighted by molar-refractivity contribution is -0.150. The Labute approximate surface area is 176 Å². The van der Waals surface area contributed by atoms with E-state index in [2.05, 4.69) is 10.6 Å². The molecule has 7 heteroatoms. The van der Waals surface area contributed by atoms with E-state index < -0.39 is 24.7 Å². The van der Waals surface area contributed by atoms with Crippen LogP contribution in [0.4, 0.5) is 4.79 Å². The highest BCUT2D eigenvalue weighted by Gasteiger charge is 2.24. The minimum absolute atomic E-state index is 0.0807. The van der Waals surface area contributed by atoms with E-state index in [0.29, 0.717) is 6.54 Å². The van der Waals surface area contributed by atoms with Gasteiger partial charge in [0.15, 0.2) is 6.61 Å². The zero-order chi connectivity index (χ0) is 21.8. The van der Waals surface area contributed by atoms with Gasteiger partial charge >= 0.3 is 12.1 Å². The highest BCUT2D eigenvalue weighted by molar-refractivity contribution is 5.85. The molecule has 2 amide bonds. The highest BCUT2D eigenvalue weighted by Crippen LogP contribution is 2.06. The normalized spacial score (nSPS) is 11.4. The van der Waals surface area contributed by atoms with Gasteiger partial charge in [-0.05, 0) is 17.0 Å². The molecule has 160 valence electrons. The van der Waals surface area contributed by atoms with E-state index in [1.807, 2.05) is 74.5 Å². The fraction of sp³-hybridized carbons (Fsp3) is 0.348. The number of alkyl carbamates (subject to hydrolysis) is 1. The van der Waals surface area contributed by atoms with E-state index in [1.165, 1.54) is 0 Å². The highest BCUT2D eigenvalue weighted by atomic mass is 16.6. The summed E-state index contributed by atoms with van der Waals surface area (Å²) >= 11 is 0. The Kier molecular flexibility index (Phi) is 9.37.